The molecule has 0 unspecified atom stereocenters. The van der Waals surface area contributed by atoms with Crippen LogP contribution in [0.5, 0.6) is 0 Å². The summed E-state index contributed by atoms with van der Waals surface area (Å²) in [7, 11) is 0. The number of likely N-dealkylation sites (tertiary alicyclic amines) is 1. The first-order valence-electron chi connectivity index (χ1n) is 9.51. The molecule has 1 aliphatic rings. The average molecular weight is 379 g/mol. The summed E-state index contributed by atoms with van der Waals surface area (Å²) < 4.78 is 0. The maximum Gasteiger partial charge on any atom is 0.251 e. The Morgan fingerprint density at radius 1 is 1.00 bits per heavy atom. The minimum atomic E-state index is -0.185. The molecule has 0 aromatic heterocycles. The highest BCUT2D eigenvalue weighted by Gasteiger charge is 2.26. The number of piperidine rings is 1. The van der Waals surface area contributed by atoms with Crippen LogP contribution in [0, 0.1) is 5.92 Å². The van der Waals surface area contributed by atoms with Gasteiger partial charge in [-0.05, 0) is 36.6 Å². The van der Waals surface area contributed by atoms with Crippen LogP contribution in [-0.4, -0.2) is 35.7 Å². The summed E-state index contributed by atoms with van der Waals surface area (Å²) in [5.41, 5.74) is 2.13. The molecule has 6 nitrogen and oxygen atoms in total. The average Bonchev–Trinajstić information content (AvgIpc) is 2.73. The molecule has 0 bridgehead atoms. The van der Waals surface area contributed by atoms with Crippen molar-refractivity contribution in [3.63, 3.8) is 0 Å². The first-order chi connectivity index (χ1) is 13.5. The van der Waals surface area contributed by atoms with Gasteiger partial charge in [-0.15, -0.1) is 0 Å². The number of hydrogen-bond acceptors (Lipinski definition) is 3. The van der Waals surface area contributed by atoms with Crippen molar-refractivity contribution in [3.8, 4) is 0 Å². The number of carbonyl (C=O) groups excluding carboxylic acids is 3. The number of carbonyl (C=O) groups is 3. The lowest BCUT2D eigenvalue weighted by Crippen LogP contribution is -2.40. The molecule has 6 heteroatoms. The summed E-state index contributed by atoms with van der Waals surface area (Å²) in [4.78, 5) is 38.1. The second-order valence-electron chi connectivity index (χ2n) is 7.02. The van der Waals surface area contributed by atoms with Crippen LogP contribution in [0.15, 0.2) is 54.6 Å². The standard InChI is InChI=1S/C22H25N3O3/c1-16(26)25-12-10-18(11-13-25)22(28)24-20-9-5-8-19(14-20)21(27)23-15-17-6-3-2-4-7-17/h2-9,14,18H,10-13,15H2,1H3,(H,23,27)(H,24,28). The van der Waals surface area contributed by atoms with Gasteiger partial charge in [0.2, 0.25) is 11.8 Å². The summed E-state index contributed by atoms with van der Waals surface area (Å²) in [5, 5.41) is 5.79. The molecule has 3 amide bonds. The van der Waals surface area contributed by atoms with Gasteiger partial charge in [-0.25, -0.2) is 0 Å². The van der Waals surface area contributed by atoms with Gasteiger partial charge in [0, 0.05) is 43.7 Å². The second-order valence-corrected chi connectivity index (χ2v) is 7.02. The number of rotatable bonds is 5. The molecule has 3 rings (SSSR count). The minimum absolute atomic E-state index is 0.0491. The molecule has 0 atom stereocenters. The number of benzene rings is 2. The zero-order valence-corrected chi connectivity index (χ0v) is 16.0. The molecule has 2 aromatic carbocycles. The summed E-state index contributed by atoms with van der Waals surface area (Å²) in [6.07, 6.45) is 1.31. The van der Waals surface area contributed by atoms with E-state index < -0.39 is 0 Å². The normalized spacial score (nSPS) is 14.4. The number of nitrogens with one attached hydrogen (secondary N) is 2. The van der Waals surface area contributed by atoms with E-state index in [2.05, 4.69) is 10.6 Å². The largest absolute Gasteiger partial charge is 0.348 e. The Balaban J connectivity index is 1.55. The maximum atomic E-state index is 12.5. The molecule has 1 aliphatic heterocycles. The van der Waals surface area contributed by atoms with E-state index >= 15 is 0 Å². The lowest BCUT2D eigenvalue weighted by Gasteiger charge is -2.30. The Bertz CT molecular complexity index is 843. The third-order valence-corrected chi connectivity index (χ3v) is 5.00. The molecule has 1 saturated heterocycles. The van der Waals surface area contributed by atoms with Crippen molar-refractivity contribution in [1.29, 1.82) is 0 Å². The highest BCUT2D eigenvalue weighted by Crippen LogP contribution is 2.20. The quantitative estimate of drug-likeness (QED) is 0.838. The fourth-order valence-corrected chi connectivity index (χ4v) is 3.32. The summed E-state index contributed by atoms with van der Waals surface area (Å²) in [5.74, 6) is -0.320. The first-order valence-corrected chi connectivity index (χ1v) is 9.51. The number of hydrogen-bond donors (Lipinski definition) is 2. The van der Waals surface area contributed by atoms with Crippen LogP contribution in [-0.2, 0) is 16.1 Å². The lowest BCUT2D eigenvalue weighted by atomic mass is 9.95. The van der Waals surface area contributed by atoms with Crippen molar-refractivity contribution >= 4 is 23.4 Å². The van der Waals surface area contributed by atoms with Gasteiger partial charge >= 0.3 is 0 Å². The Morgan fingerprint density at radius 3 is 2.39 bits per heavy atom. The van der Waals surface area contributed by atoms with Crippen molar-refractivity contribution in [2.24, 2.45) is 5.92 Å². The summed E-state index contributed by atoms with van der Waals surface area (Å²) in [6, 6.07) is 16.6. The van der Waals surface area contributed by atoms with Gasteiger partial charge in [-0.2, -0.15) is 0 Å². The van der Waals surface area contributed by atoms with Gasteiger partial charge in [0.1, 0.15) is 0 Å². The third kappa shape index (κ3) is 5.19. The lowest BCUT2D eigenvalue weighted by molar-refractivity contribution is -0.132. The topological polar surface area (TPSA) is 78.5 Å². The van der Waals surface area contributed by atoms with Crippen LogP contribution in [0.25, 0.3) is 0 Å². The van der Waals surface area contributed by atoms with Gasteiger partial charge in [-0.1, -0.05) is 36.4 Å². The Hall–Kier alpha value is -3.15. The van der Waals surface area contributed by atoms with Crippen LogP contribution >= 0.6 is 0 Å². The van der Waals surface area contributed by atoms with E-state index in [4.69, 9.17) is 0 Å². The maximum absolute atomic E-state index is 12.5. The third-order valence-electron chi connectivity index (χ3n) is 5.00. The molecular weight excluding hydrogens is 354 g/mol. The molecule has 28 heavy (non-hydrogen) atoms. The van der Waals surface area contributed by atoms with Crippen molar-refractivity contribution < 1.29 is 14.4 Å². The second kappa shape index (κ2) is 9.17. The van der Waals surface area contributed by atoms with Crippen LogP contribution in [0.4, 0.5) is 5.69 Å². The fraction of sp³-hybridized carbons (Fsp3) is 0.318. The molecule has 0 saturated carbocycles. The smallest absolute Gasteiger partial charge is 0.251 e. The Morgan fingerprint density at radius 2 is 1.71 bits per heavy atom. The van der Waals surface area contributed by atoms with E-state index in [9.17, 15) is 14.4 Å². The van der Waals surface area contributed by atoms with E-state index in [0.717, 1.165) is 5.56 Å². The highest BCUT2D eigenvalue weighted by atomic mass is 16.2. The van der Waals surface area contributed by atoms with Crippen LogP contribution < -0.4 is 10.6 Å². The number of amides is 3. The molecule has 1 fully saturated rings. The summed E-state index contributed by atoms with van der Waals surface area (Å²) >= 11 is 0. The monoisotopic (exact) mass is 379 g/mol. The van der Waals surface area contributed by atoms with E-state index in [0.29, 0.717) is 43.7 Å². The molecule has 2 aromatic rings. The summed E-state index contributed by atoms with van der Waals surface area (Å²) in [6.45, 7) is 3.21. The van der Waals surface area contributed by atoms with Crippen LogP contribution in [0.3, 0.4) is 0 Å². The molecule has 0 spiro atoms. The predicted octanol–water partition coefficient (Wildman–Crippen LogP) is 2.81. The Labute approximate surface area is 164 Å². The van der Waals surface area contributed by atoms with Crippen molar-refractivity contribution in [1.82, 2.24) is 10.2 Å². The van der Waals surface area contributed by atoms with Crippen LogP contribution in [0.2, 0.25) is 0 Å². The molecule has 0 radical (unpaired) electrons. The van der Waals surface area contributed by atoms with E-state index in [-0.39, 0.29) is 23.6 Å². The number of anilines is 1. The van der Waals surface area contributed by atoms with Gasteiger partial charge < -0.3 is 15.5 Å². The van der Waals surface area contributed by atoms with Crippen LogP contribution in [0.1, 0.15) is 35.7 Å². The van der Waals surface area contributed by atoms with E-state index in [1.165, 1.54) is 0 Å². The molecule has 2 N–H and O–H groups in total. The molecular formula is C22H25N3O3. The number of nitrogens with zero attached hydrogens (tertiary/aromatic N) is 1. The highest BCUT2D eigenvalue weighted by molar-refractivity contribution is 5.97. The fourth-order valence-electron chi connectivity index (χ4n) is 3.32. The van der Waals surface area contributed by atoms with Gasteiger partial charge in [-0.3, -0.25) is 14.4 Å². The Kier molecular flexibility index (Phi) is 6.42. The molecule has 146 valence electrons. The zero-order chi connectivity index (χ0) is 19.9. The predicted molar refractivity (Wildman–Crippen MR) is 108 cm³/mol. The van der Waals surface area contributed by atoms with Gasteiger partial charge in [0.05, 0.1) is 0 Å². The van der Waals surface area contributed by atoms with E-state index in [1.54, 1.807) is 36.1 Å². The van der Waals surface area contributed by atoms with Crippen molar-refractivity contribution in [2.45, 2.75) is 26.3 Å². The first kappa shape index (κ1) is 19.6. The zero-order valence-electron chi connectivity index (χ0n) is 16.0. The van der Waals surface area contributed by atoms with Crippen molar-refractivity contribution in [2.75, 3.05) is 18.4 Å². The molecule has 1 heterocycles. The SMILES string of the molecule is CC(=O)N1CCC(C(=O)Nc2cccc(C(=O)NCc3ccccc3)c2)CC1. The van der Waals surface area contributed by atoms with Gasteiger partial charge in [0.15, 0.2) is 0 Å². The minimum Gasteiger partial charge on any atom is -0.348 e. The van der Waals surface area contributed by atoms with Crippen molar-refractivity contribution in [3.05, 3.63) is 65.7 Å². The van der Waals surface area contributed by atoms with E-state index in [1.807, 2.05) is 30.3 Å². The molecule has 0 aliphatic carbocycles. The van der Waals surface area contributed by atoms with Gasteiger partial charge in [0.25, 0.3) is 5.91 Å².